The zero-order chi connectivity index (χ0) is 22.1. The van der Waals surface area contributed by atoms with Crippen LogP contribution in [0.25, 0.3) is 10.9 Å². The van der Waals surface area contributed by atoms with Gasteiger partial charge in [-0.25, -0.2) is 0 Å². The van der Waals surface area contributed by atoms with E-state index in [2.05, 4.69) is 40.1 Å². The van der Waals surface area contributed by atoms with Gasteiger partial charge in [-0.3, -0.25) is 14.2 Å². The molecule has 1 aliphatic rings. The van der Waals surface area contributed by atoms with Crippen LogP contribution in [-0.2, 0) is 6.54 Å². The maximum atomic E-state index is 13.0. The van der Waals surface area contributed by atoms with Crippen LogP contribution in [0.15, 0.2) is 51.7 Å². The molecule has 2 N–H and O–H groups in total. The first-order chi connectivity index (χ1) is 14.8. The Labute approximate surface area is 195 Å². The number of rotatable bonds is 4. The number of aromatic nitrogens is 2. The fourth-order valence-electron chi connectivity index (χ4n) is 4.35. The lowest BCUT2D eigenvalue weighted by Gasteiger charge is -2.34. The summed E-state index contributed by atoms with van der Waals surface area (Å²) in [5.41, 5.74) is 2.12. The number of carbonyl (C=O) groups is 1. The lowest BCUT2D eigenvalue weighted by molar-refractivity contribution is 0.0891. The number of aromatic amines is 1. The molecule has 0 unspecified atom stereocenters. The van der Waals surface area contributed by atoms with Crippen molar-refractivity contribution in [3.8, 4) is 0 Å². The Morgan fingerprint density at radius 3 is 2.68 bits per heavy atom. The molecule has 7 heteroatoms. The lowest BCUT2D eigenvalue weighted by atomic mass is 9.78. The van der Waals surface area contributed by atoms with Crippen LogP contribution in [0.4, 0.5) is 0 Å². The van der Waals surface area contributed by atoms with Crippen molar-refractivity contribution in [3.63, 3.8) is 0 Å². The minimum atomic E-state index is -0.137. The van der Waals surface area contributed by atoms with E-state index in [1.54, 1.807) is 10.6 Å². The van der Waals surface area contributed by atoms with Crippen LogP contribution >= 0.6 is 28.1 Å². The highest BCUT2D eigenvalue weighted by molar-refractivity contribution is 9.10. The van der Waals surface area contributed by atoms with Gasteiger partial charge in [-0.1, -0.05) is 54.8 Å². The Bertz CT molecular complexity index is 1230. The predicted molar refractivity (Wildman–Crippen MR) is 130 cm³/mol. The molecule has 0 spiro atoms. The van der Waals surface area contributed by atoms with Gasteiger partial charge in [-0.15, -0.1) is 0 Å². The SMILES string of the molecule is C[C@@H]1[C@H](C)CCC[C@@H]1NC(=O)c1ccc(Cn2c(=S)[nH]c3ccc(Br)cc3c2=O)cc1. The monoisotopic (exact) mass is 499 g/mol. The van der Waals surface area contributed by atoms with E-state index >= 15 is 0 Å². The van der Waals surface area contributed by atoms with E-state index < -0.39 is 0 Å². The van der Waals surface area contributed by atoms with Crippen molar-refractivity contribution in [2.24, 2.45) is 11.8 Å². The van der Waals surface area contributed by atoms with Gasteiger partial charge in [0.1, 0.15) is 0 Å². The molecule has 0 radical (unpaired) electrons. The van der Waals surface area contributed by atoms with Crippen molar-refractivity contribution in [2.45, 2.75) is 45.7 Å². The van der Waals surface area contributed by atoms with Crippen LogP contribution in [0, 0.1) is 16.6 Å². The zero-order valence-electron chi connectivity index (χ0n) is 17.7. The summed E-state index contributed by atoms with van der Waals surface area (Å²) in [7, 11) is 0. The second-order valence-electron chi connectivity index (χ2n) is 8.56. The molecule has 1 aliphatic carbocycles. The Balaban J connectivity index is 1.52. The number of halogens is 1. The molecule has 31 heavy (non-hydrogen) atoms. The maximum absolute atomic E-state index is 13.0. The Morgan fingerprint density at radius 1 is 1.19 bits per heavy atom. The van der Waals surface area contributed by atoms with Crippen LogP contribution in [0.3, 0.4) is 0 Å². The molecule has 5 nitrogen and oxygen atoms in total. The molecule has 1 fully saturated rings. The van der Waals surface area contributed by atoms with Gasteiger partial charge in [0.05, 0.1) is 17.4 Å². The van der Waals surface area contributed by atoms with Gasteiger partial charge in [0.15, 0.2) is 4.77 Å². The van der Waals surface area contributed by atoms with Crippen LogP contribution in [0.2, 0.25) is 0 Å². The summed E-state index contributed by atoms with van der Waals surface area (Å²) >= 11 is 8.82. The highest BCUT2D eigenvalue weighted by atomic mass is 79.9. The Hall–Kier alpha value is -2.25. The molecule has 0 aliphatic heterocycles. The van der Waals surface area contributed by atoms with Crippen LogP contribution in [-0.4, -0.2) is 21.5 Å². The number of hydrogen-bond donors (Lipinski definition) is 2. The third kappa shape index (κ3) is 4.67. The number of benzene rings is 2. The average molecular weight is 500 g/mol. The molecule has 1 amide bonds. The number of hydrogen-bond acceptors (Lipinski definition) is 3. The number of nitrogens with one attached hydrogen (secondary N) is 2. The first-order valence-electron chi connectivity index (χ1n) is 10.7. The highest BCUT2D eigenvalue weighted by Gasteiger charge is 2.28. The van der Waals surface area contributed by atoms with Crippen molar-refractivity contribution >= 4 is 45.0 Å². The molecule has 4 rings (SSSR count). The molecule has 1 saturated carbocycles. The Kier molecular flexibility index (Phi) is 6.44. The van der Waals surface area contributed by atoms with Gasteiger partial charge in [-0.2, -0.15) is 0 Å². The van der Waals surface area contributed by atoms with Crippen molar-refractivity contribution < 1.29 is 4.79 Å². The van der Waals surface area contributed by atoms with E-state index in [0.29, 0.717) is 39.6 Å². The standard InChI is InChI=1S/C24H26BrN3O2S/c1-14-4-3-5-20(15(14)2)26-22(29)17-8-6-16(7-9-17)13-28-23(30)19-12-18(25)10-11-21(19)27-24(28)31/h6-12,14-15,20H,3-5,13H2,1-2H3,(H,26,29)(H,27,31)/t14-,15-,20+/m1/s1. The molecule has 2 aromatic carbocycles. The smallest absolute Gasteiger partial charge is 0.262 e. The molecule has 0 saturated heterocycles. The summed E-state index contributed by atoms with van der Waals surface area (Å²) in [6.07, 6.45) is 3.43. The third-order valence-electron chi connectivity index (χ3n) is 6.52. The molecule has 162 valence electrons. The summed E-state index contributed by atoms with van der Waals surface area (Å²) in [6, 6.07) is 13.1. The molecule has 0 bridgehead atoms. The van der Waals surface area contributed by atoms with Gasteiger partial charge in [0, 0.05) is 16.1 Å². The fraction of sp³-hybridized carbons (Fsp3) is 0.375. The summed E-state index contributed by atoms with van der Waals surface area (Å²) in [6.45, 7) is 4.83. The van der Waals surface area contributed by atoms with Gasteiger partial charge in [0.2, 0.25) is 0 Å². The van der Waals surface area contributed by atoms with Gasteiger partial charge < -0.3 is 10.3 Å². The number of nitrogens with zero attached hydrogens (tertiary/aromatic N) is 1. The van der Waals surface area contributed by atoms with E-state index in [9.17, 15) is 9.59 Å². The predicted octanol–water partition coefficient (Wildman–Crippen LogP) is 5.42. The number of amides is 1. The van der Waals surface area contributed by atoms with E-state index in [1.165, 1.54) is 6.42 Å². The van der Waals surface area contributed by atoms with Crippen molar-refractivity contribution in [1.29, 1.82) is 0 Å². The van der Waals surface area contributed by atoms with Crippen LogP contribution in [0.5, 0.6) is 0 Å². The van der Waals surface area contributed by atoms with Crippen LogP contribution < -0.4 is 10.9 Å². The largest absolute Gasteiger partial charge is 0.349 e. The minimum absolute atomic E-state index is 0.0393. The molecule has 1 heterocycles. The first-order valence-corrected chi connectivity index (χ1v) is 11.9. The van der Waals surface area contributed by atoms with Gasteiger partial charge in [-0.05, 0) is 66.4 Å². The topological polar surface area (TPSA) is 66.9 Å². The average Bonchev–Trinajstić information content (AvgIpc) is 2.75. The van der Waals surface area contributed by atoms with E-state index in [-0.39, 0.29) is 17.5 Å². The second-order valence-corrected chi connectivity index (χ2v) is 9.86. The highest BCUT2D eigenvalue weighted by Crippen LogP contribution is 2.29. The maximum Gasteiger partial charge on any atom is 0.262 e. The first kappa shape index (κ1) is 22.0. The molecular weight excluding hydrogens is 474 g/mol. The van der Waals surface area contributed by atoms with E-state index in [1.807, 2.05) is 36.4 Å². The van der Waals surface area contributed by atoms with E-state index in [4.69, 9.17) is 12.2 Å². The van der Waals surface area contributed by atoms with Gasteiger partial charge >= 0.3 is 0 Å². The van der Waals surface area contributed by atoms with Crippen molar-refractivity contribution in [3.05, 3.63) is 73.2 Å². The second kappa shape index (κ2) is 9.09. The van der Waals surface area contributed by atoms with Crippen LogP contribution in [0.1, 0.15) is 49.0 Å². The number of carbonyl (C=O) groups excluding carboxylic acids is 1. The summed E-state index contributed by atoms with van der Waals surface area (Å²) in [5.74, 6) is 1.08. The third-order valence-corrected chi connectivity index (χ3v) is 7.34. The summed E-state index contributed by atoms with van der Waals surface area (Å²) in [4.78, 5) is 28.8. The lowest BCUT2D eigenvalue weighted by Crippen LogP contribution is -2.43. The van der Waals surface area contributed by atoms with Crippen molar-refractivity contribution in [1.82, 2.24) is 14.9 Å². The molecular formula is C24H26BrN3O2S. The minimum Gasteiger partial charge on any atom is -0.349 e. The summed E-state index contributed by atoms with van der Waals surface area (Å²) in [5, 5.41) is 3.79. The summed E-state index contributed by atoms with van der Waals surface area (Å²) < 4.78 is 2.76. The zero-order valence-corrected chi connectivity index (χ0v) is 20.1. The number of H-pyrrole nitrogens is 1. The molecule has 3 atom stereocenters. The quantitative estimate of drug-likeness (QED) is 0.470. The van der Waals surface area contributed by atoms with Crippen molar-refractivity contribution in [2.75, 3.05) is 0 Å². The number of fused-ring (bicyclic) bond motifs is 1. The van der Waals surface area contributed by atoms with E-state index in [0.717, 1.165) is 22.9 Å². The molecule has 1 aromatic heterocycles. The fourth-order valence-corrected chi connectivity index (χ4v) is 4.97. The Morgan fingerprint density at radius 2 is 1.94 bits per heavy atom. The molecule has 3 aromatic rings. The van der Waals surface area contributed by atoms with Gasteiger partial charge in [0.25, 0.3) is 11.5 Å². The normalized spacial score (nSPS) is 21.2.